The average molecular weight is 142 g/mol. The molecule has 0 saturated carbocycles. The van der Waals surface area contributed by atoms with Crippen molar-refractivity contribution in [1.82, 2.24) is 10.2 Å². The first-order chi connectivity index (χ1) is 4.77. The normalized spacial score (nSPS) is 10.7. The fourth-order valence-electron chi connectivity index (χ4n) is 0.682. The summed E-state index contributed by atoms with van der Waals surface area (Å²) in [6.07, 6.45) is 6.67. The minimum Gasteiger partial charge on any atom is -0.384 e. The quantitative estimate of drug-likeness (QED) is 0.577. The lowest BCUT2D eigenvalue weighted by Crippen LogP contribution is -2.06. The highest BCUT2D eigenvalue weighted by atomic mass is 15.0. The largest absolute Gasteiger partial charge is 0.384 e. The van der Waals surface area contributed by atoms with Crippen molar-refractivity contribution < 1.29 is 0 Å². The molecule has 0 saturated heterocycles. The van der Waals surface area contributed by atoms with E-state index in [-0.39, 0.29) is 0 Å². The molecule has 0 heterocycles. The van der Waals surface area contributed by atoms with Crippen LogP contribution < -0.4 is 5.32 Å². The van der Waals surface area contributed by atoms with Gasteiger partial charge >= 0.3 is 0 Å². The summed E-state index contributed by atoms with van der Waals surface area (Å²) in [5, 5.41) is 3.11. The van der Waals surface area contributed by atoms with E-state index in [0.29, 0.717) is 0 Å². The molecule has 0 aromatic rings. The maximum atomic E-state index is 3.11. The fourth-order valence-corrected chi connectivity index (χ4v) is 0.682. The Morgan fingerprint density at radius 1 is 1.40 bits per heavy atom. The van der Waals surface area contributed by atoms with Gasteiger partial charge in [-0.25, -0.2) is 0 Å². The van der Waals surface area contributed by atoms with E-state index in [4.69, 9.17) is 0 Å². The summed E-state index contributed by atoms with van der Waals surface area (Å²) in [5.41, 5.74) is 0. The van der Waals surface area contributed by atoms with E-state index in [1.165, 1.54) is 12.8 Å². The van der Waals surface area contributed by atoms with Gasteiger partial charge < -0.3 is 10.2 Å². The highest BCUT2D eigenvalue weighted by Gasteiger charge is 1.80. The lowest BCUT2D eigenvalue weighted by atomic mass is 10.3. The van der Waals surface area contributed by atoms with Crippen molar-refractivity contribution in [3.05, 3.63) is 12.3 Å². The van der Waals surface area contributed by atoms with Crippen LogP contribution in [0, 0.1) is 0 Å². The number of unbranched alkanes of at least 4 members (excludes halogenated alkanes) is 1. The van der Waals surface area contributed by atoms with Crippen molar-refractivity contribution >= 4 is 0 Å². The zero-order chi connectivity index (χ0) is 7.82. The molecule has 0 aromatic carbocycles. The van der Waals surface area contributed by atoms with Gasteiger partial charge in [0.1, 0.15) is 0 Å². The van der Waals surface area contributed by atoms with Crippen LogP contribution in [0.4, 0.5) is 0 Å². The van der Waals surface area contributed by atoms with Gasteiger partial charge in [-0.3, -0.25) is 0 Å². The van der Waals surface area contributed by atoms with Crippen molar-refractivity contribution in [2.75, 3.05) is 27.7 Å². The molecule has 0 rings (SSSR count). The molecule has 0 aliphatic heterocycles. The summed E-state index contributed by atoms with van der Waals surface area (Å²) in [5.74, 6) is 0. The molecule has 0 atom stereocenters. The number of nitrogens with one attached hydrogen (secondary N) is 1. The van der Waals surface area contributed by atoms with Gasteiger partial charge in [0.05, 0.1) is 0 Å². The summed E-state index contributed by atoms with van der Waals surface area (Å²) in [6, 6.07) is 0. The maximum Gasteiger partial charge on any atom is 0.00555 e. The standard InChI is InChI=1S/C8H18N2/c1-9-7-5-4-6-8-10(2)3/h6,8-9H,4-5,7H2,1-3H3. The zero-order valence-electron chi connectivity index (χ0n) is 7.22. The Labute approximate surface area is 63.9 Å². The molecule has 0 fully saturated rings. The van der Waals surface area contributed by atoms with Gasteiger partial charge in [0.2, 0.25) is 0 Å². The van der Waals surface area contributed by atoms with Gasteiger partial charge in [0.15, 0.2) is 0 Å². The smallest absolute Gasteiger partial charge is 0.00555 e. The van der Waals surface area contributed by atoms with Crippen LogP contribution in [0.5, 0.6) is 0 Å². The van der Waals surface area contributed by atoms with Crippen molar-refractivity contribution in [3.8, 4) is 0 Å². The zero-order valence-corrected chi connectivity index (χ0v) is 7.22. The number of nitrogens with zero attached hydrogens (tertiary/aromatic N) is 1. The molecule has 0 unspecified atom stereocenters. The molecule has 2 nitrogen and oxygen atoms in total. The molecular formula is C8H18N2. The molecule has 0 amide bonds. The number of hydrogen-bond donors (Lipinski definition) is 1. The average Bonchev–Trinajstić information content (AvgIpc) is 1.87. The highest BCUT2D eigenvalue weighted by Crippen LogP contribution is 1.89. The van der Waals surface area contributed by atoms with Crippen LogP contribution in [0.2, 0.25) is 0 Å². The van der Waals surface area contributed by atoms with Gasteiger partial charge in [-0.1, -0.05) is 6.08 Å². The first-order valence-electron chi connectivity index (χ1n) is 3.75. The molecule has 0 aromatic heterocycles. The minimum atomic E-state index is 1.11. The summed E-state index contributed by atoms with van der Waals surface area (Å²) in [7, 11) is 6.05. The molecule has 0 aliphatic carbocycles. The van der Waals surface area contributed by atoms with E-state index in [0.717, 1.165) is 6.54 Å². The monoisotopic (exact) mass is 142 g/mol. The number of hydrogen-bond acceptors (Lipinski definition) is 2. The van der Waals surface area contributed by atoms with Crippen LogP contribution >= 0.6 is 0 Å². The molecule has 0 radical (unpaired) electrons. The third kappa shape index (κ3) is 7.50. The summed E-state index contributed by atoms with van der Waals surface area (Å²) in [6.45, 7) is 1.11. The Balaban J connectivity index is 3.02. The van der Waals surface area contributed by atoms with Crippen molar-refractivity contribution in [1.29, 1.82) is 0 Å². The molecule has 2 heteroatoms. The lowest BCUT2D eigenvalue weighted by Gasteiger charge is -2.02. The first-order valence-corrected chi connectivity index (χ1v) is 3.75. The van der Waals surface area contributed by atoms with Crippen LogP contribution in [0.15, 0.2) is 12.3 Å². The van der Waals surface area contributed by atoms with Gasteiger partial charge in [-0.15, -0.1) is 0 Å². The van der Waals surface area contributed by atoms with Crippen LogP contribution in [0.3, 0.4) is 0 Å². The van der Waals surface area contributed by atoms with E-state index >= 15 is 0 Å². The van der Waals surface area contributed by atoms with Crippen LogP contribution in [-0.4, -0.2) is 32.6 Å². The predicted octanol–water partition coefficient (Wildman–Crippen LogP) is 1.06. The maximum absolute atomic E-state index is 3.11. The Kier molecular flexibility index (Phi) is 6.29. The second-order valence-electron chi connectivity index (χ2n) is 2.59. The molecule has 0 bridgehead atoms. The first kappa shape index (κ1) is 9.50. The van der Waals surface area contributed by atoms with E-state index in [2.05, 4.69) is 22.5 Å². The Hall–Kier alpha value is -0.500. The van der Waals surface area contributed by atoms with E-state index in [1.807, 2.05) is 21.1 Å². The molecule has 0 aliphatic rings. The molecule has 60 valence electrons. The van der Waals surface area contributed by atoms with E-state index < -0.39 is 0 Å². The molecular weight excluding hydrogens is 124 g/mol. The van der Waals surface area contributed by atoms with Crippen molar-refractivity contribution in [2.45, 2.75) is 12.8 Å². The Bertz CT molecular complexity index is 87.3. The van der Waals surface area contributed by atoms with Crippen molar-refractivity contribution in [3.63, 3.8) is 0 Å². The summed E-state index contributed by atoms with van der Waals surface area (Å²) >= 11 is 0. The van der Waals surface area contributed by atoms with Gasteiger partial charge in [-0.2, -0.15) is 0 Å². The van der Waals surface area contributed by atoms with Crippen LogP contribution in [-0.2, 0) is 0 Å². The van der Waals surface area contributed by atoms with Gasteiger partial charge in [-0.05, 0) is 32.6 Å². The topological polar surface area (TPSA) is 15.3 Å². The number of rotatable bonds is 5. The van der Waals surface area contributed by atoms with Gasteiger partial charge in [0, 0.05) is 14.1 Å². The summed E-state index contributed by atoms with van der Waals surface area (Å²) in [4.78, 5) is 2.05. The lowest BCUT2D eigenvalue weighted by molar-refractivity contribution is 0.559. The summed E-state index contributed by atoms with van der Waals surface area (Å²) < 4.78 is 0. The highest BCUT2D eigenvalue weighted by molar-refractivity contribution is 4.78. The minimum absolute atomic E-state index is 1.11. The Morgan fingerprint density at radius 2 is 2.10 bits per heavy atom. The molecule has 1 N–H and O–H groups in total. The third-order valence-corrected chi connectivity index (χ3v) is 1.20. The molecule has 10 heavy (non-hydrogen) atoms. The third-order valence-electron chi connectivity index (χ3n) is 1.20. The van der Waals surface area contributed by atoms with Crippen LogP contribution in [0.1, 0.15) is 12.8 Å². The second-order valence-corrected chi connectivity index (χ2v) is 2.59. The van der Waals surface area contributed by atoms with Crippen LogP contribution in [0.25, 0.3) is 0 Å². The Morgan fingerprint density at radius 3 is 2.60 bits per heavy atom. The SMILES string of the molecule is CNCCCC=CN(C)C. The van der Waals surface area contributed by atoms with Gasteiger partial charge in [0.25, 0.3) is 0 Å². The fraction of sp³-hybridized carbons (Fsp3) is 0.750. The number of allylic oxidation sites excluding steroid dienone is 1. The van der Waals surface area contributed by atoms with E-state index in [1.54, 1.807) is 0 Å². The predicted molar refractivity (Wildman–Crippen MR) is 46.0 cm³/mol. The van der Waals surface area contributed by atoms with Crippen molar-refractivity contribution in [2.24, 2.45) is 0 Å². The second kappa shape index (κ2) is 6.62. The molecule has 0 spiro atoms. The van der Waals surface area contributed by atoms with E-state index in [9.17, 15) is 0 Å².